The van der Waals surface area contributed by atoms with Gasteiger partial charge in [-0.15, -0.1) is 0 Å². The summed E-state index contributed by atoms with van der Waals surface area (Å²) in [6, 6.07) is 6.86. The first-order valence-electron chi connectivity index (χ1n) is 6.90. The standard InChI is InChI=1S/C15H20N4O3/c1-10-16-13(18-22-10)11-6-5-7-12(8-11)17-14(20)19(4)9-15(2,3)21/h5-8,21H,9H2,1-4H3,(H,17,20). The number of hydrogen-bond acceptors (Lipinski definition) is 5. The van der Waals surface area contributed by atoms with Gasteiger partial charge in [0.05, 0.1) is 12.1 Å². The van der Waals surface area contributed by atoms with Crippen molar-refractivity contribution < 1.29 is 14.4 Å². The van der Waals surface area contributed by atoms with E-state index in [1.54, 1.807) is 46.0 Å². The Hall–Kier alpha value is -2.41. The van der Waals surface area contributed by atoms with E-state index in [4.69, 9.17) is 4.52 Å². The third-order valence-corrected chi connectivity index (χ3v) is 2.87. The number of amides is 2. The van der Waals surface area contributed by atoms with E-state index in [9.17, 15) is 9.90 Å². The minimum absolute atomic E-state index is 0.225. The fourth-order valence-electron chi connectivity index (χ4n) is 2.02. The number of carbonyl (C=O) groups excluding carboxylic acids is 1. The van der Waals surface area contributed by atoms with Gasteiger partial charge in [-0.3, -0.25) is 0 Å². The van der Waals surface area contributed by atoms with Crippen LogP contribution in [-0.4, -0.2) is 45.4 Å². The lowest BCUT2D eigenvalue weighted by Crippen LogP contribution is -2.41. The van der Waals surface area contributed by atoms with Crippen molar-refractivity contribution in [1.82, 2.24) is 15.0 Å². The summed E-state index contributed by atoms with van der Waals surface area (Å²) in [5.74, 6) is 0.952. The molecule has 0 unspecified atom stereocenters. The molecule has 0 radical (unpaired) electrons. The van der Waals surface area contributed by atoms with E-state index in [1.165, 1.54) is 4.90 Å². The Labute approximate surface area is 128 Å². The third kappa shape index (κ3) is 4.29. The largest absolute Gasteiger partial charge is 0.389 e. The number of anilines is 1. The predicted molar refractivity (Wildman–Crippen MR) is 82.4 cm³/mol. The second kappa shape index (κ2) is 6.15. The molecule has 0 saturated carbocycles. The molecule has 0 fully saturated rings. The zero-order valence-electron chi connectivity index (χ0n) is 13.1. The number of nitrogens with one attached hydrogen (secondary N) is 1. The van der Waals surface area contributed by atoms with Gasteiger partial charge in [0.25, 0.3) is 0 Å². The molecule has 1 aromatic carbocycles. The zero-order chi connectivity index (χ0) is 16.3. The first-order chi connectivity index (χ1) is 10.2. The lowest BCUT2D eigenvalue weighted by molar-refractivity contribution is 0.0550. The van der Waals surface area contributed by atoms with E-state index < -0.39 is 5.60 Å². The number of hydrogen-bond donors (Lipinski definition) is 2. The van der Waals surface area contributed by atoms with Crippen LogP contribution < -0.4 is 5.32 Å². The first kappa shape index (κ1) is 16.0. The molecular formula is C15H20N4O3. The van der Waals surface area contributed by atoms with Crippen molar-refractivity contribution in [2.24, 2.45) is 0 Å². The molecule has 2 amide bonds. The summed E-state index contributed by atoms with van der Waals surface area (Å²) in [4.78, 5) is 17.7. The van der Waals surface area contributed by atoms with Crippen LogP contribution in [0.3, 0.4) is 0 Å². The van der Waals surface area contributed by atoms with E-state index in [1.807, 2.05) is 6.07 Å². The van der Waals surface area contributed by atoms with Crippen LogP contribution >= 0.6 is 0 Å². The minimum Gasteiger partial charge on any atom is -0.389 e. The van der Waals surface area contributed by atoms with Gasteiger partial charge in [0.15, 0.2) is 0 Å². The van der Waals surface area contributed by atoms with E-state index in [0.29, 0.717) is 17.4 Å². The van der Waals surface area contributed by atoms with Crippen LogP contribution in [0.1, 0.15) is 19.7 Å². The topological polar surface area (TPSA) is 91.5 Å². The molecule has 0 bridgehead atoms. The molecule has 7 heteroatoms. The highest BCUT2D eigenvalue weighted by atomic mass is 16.5. The molecule has 2 aromatic rings. The molecular weight excluding hydrogens is 284 g/mol. The molecule has 0 aliphatic rings. The number of nitrogens with zero attached hydrogens (tertiary/aromatic N) is 3. The monoisotopic (exact) mass is 304 g/mol. The number of benzene rings is 1. The van der Waals surface area contributed by atoms with Crippen molar-refractivity contribution in [3.05, 3.63) is 30.2 Å². The summed E-state index contributed by atoms with van der Waals surface area (Å²) in [6.45, 7) is 5.24. The molecule has 1 aromatic heterocycles. The summed E-state index contributed by atoms with van der Waals surface area (Å²) in [5, 5.41) is 16.4. The molecule has 118 valence electrons. The van der Waals surface area contributed by atoms with Gasteiger partial charge in [-0.1, -0.05) is 17.3 Å². The van der Waals surface area contributed by atoms with Gasteiger partial charge in [0, 0.05) is 25.2 Å². The number of likely N-dealkylation sites (N-methyl/N-ethyl adjacent to an activating group) is 1. The second-order valence-corrected chi connectivity index (χ2v) is 5.82. The van der Waals surface area contributed by atoms with E-state index in [0.717, 1.165) is 5.56 Å². The molecule has 7 nitrogen and oxygen atoms in total. The van der Waals surface area contributed by atoms with Gasteiger partial charge in [0.2, 0.25) is 11.7 Å². The number of aliphatic hydroxyl groups is 1. The molecule has 0 atom stereocenters. The number of rotatable bonds is 4. The molecule has 0 aliphatic heterocycles. The number of carbonyl (C=O) groups is 1. The van der Waals surface area contributed by atoms with E-state index >= 15 is 0 Å². The lowest BCUT2D eigenvalue weighted by Gasteiger charge is -2.25. The van der Waals surface area contributed by atoms with Crippen molar-refractivity contribution in [2.45, 2.75) is 26.4 Å². The van der Waals surface area contributed by atoms with Gasteiger partial charge in [-0.2, -0.15) is 4.98 Å². The maximum Gasteiger partial charge on any atom is 0.321 e. The summed E-state index contributed by atoms with van der Waals surface area (Å²) in [5.41, 5.74) is 0.420. The van der Waals surface area contributed by atoms with Gasteiger partial charge < -0.3 is 19.8 Å². The quantitative estimate of drug-likeness (QED) is 0.904. The lowest BCUT2D eigenvalue weighted by atomic mass is 10.1. The highest BCUT2D eigenvalue weighted by Gasteiger charge is 2.19. The summed E-state index contributed by atoms with van der Waals surface area (Å²) in [7, 11) is 1.62. The average molecular weight is 304 g/mol. The van der Waals surface area contributed by atoms with Crippen LogP contribution in [0.4, 0.5) is 10.5 Å². The van der Waals surface area contributed by atoms with Crippen LogP contribution in [-0.2, 0) is 0 Å². The molecule has 1 heterocycles. The normalized spacial score (nSPS) is 11.3. The molecule has 22 heavy (non-hydrogen) atoms. The fourth-order valence-corrected chi connectivity index (χ4v) is 2.02. The Morgan fingerprint density at radius 3 is 2.77 bits per heavy atom. The number of aryl methyl sites for hydroxylation is 1. The van der Waals surface area contributed by atoms with Gasteiger partial charge in [-0.05, 0) is 26.0 Å². The fraction of sp³-hybridized carbons (Fsp3) is 0.400. The Morgan fingerprint density at radius 1 is 1.45 bits per heavy atom. The van der Waals surface area contributed by atoms with Crippen molar-refractivity contribution in [1.29, 1.82) is 0 Å². The van der Waals surface area contributed by atoms with E-state index in [2.05, 4.69) is 15.5 Å². The third-order valence-electron chi connectivity index (χ3n) is 2.87. The molecule has 2 rings (SSSR count). The Morgan fingerprint density at radius 2 is 2.18 bits per heavy atom. The van der Waals surface area contributed by atoms with Crippen LogP contribution in [0.15, 0.2) is 28.8 Å². The second-order valence-electron chi connectivity index (χ2n) is 5.82. The molecule has 0 aliphatic carbocycles. The van der Waals surface area contributed by atoms with E-state index in [-0.39, 0.29) is 12.6 Å². The maximum absolute atomic E-state index is 12.1. The van der Waals surface area contributed by atoms with Crippen molar-refractivity contribution >= 4 is 11.7 Å². The van der Waals surface area contributed by atoms with Crippen LogP contribution in [0.25, 0.3) is 11.4 Å². The smallest absolute Gasteiger partial charge is 0.321 e. The Balaban J connectivity index is 2.09. The molecule has 0 spiro atoms. The van der Waals surface area contributed by atoms with Crippen LogP contribution in [0.2, 0.25) is 0 Å². The van der Waals surface area contributed by atoms with Crippen molar-refractivity contribution in [3.63, 3.8) is 0 Å². The average Bonchev–Trinajstić information content (AvgIpc) is 2.84. The number of urea groups is 1. The zero-order valence-corrected chi connectivity index (χ0v) is 13.1. The highest BCUT2D eigenvalue weighted by molar-refractivity contribution is 5.89. The highest BCUT2D eigenvalue weighted by Crippen LogP contribution is 2.20. The van der Waals surface area contributed by atoms with Gasteiger partial charge in [-0.25, -0.2) is 4.79 Å². The maximum atomic E-state index is 12.1. The molecule has 2 N–H and O–H groups in total. The van der Waals surface area contributed by atoms with Crippen molar-refractivity contribution in [2.75, 3.05) is 18.9 Å². The molecule has 0 saturated heterocycles. The SMILES string of the molecule is Cc1nc(-c2cccc(NC(=O)N(C)CC(C)(C)O)c2)no1. The predicted octanol–water partition coefficient (Wildman–Crippen LogP) is 2.28. The van der Waals surface area contributed by atoms with Crippen LogP contribution in [0.5, 0.6) is 0 Å². The van der Waals surface area contributed by atoms with Gasteiger partial charge >= 0.3 is 6.03 Å². The summed E-state index contributed by atoms with van der Waals surface area (Å²) >= 11 is 0. The number of aromatic nitrogens is 2. The first-order valence-corrected chi connectivity index (χ1v) is 6.90. The van der Waals surface area contributed by atoms with Crippen molar-refractivity contribution in [3.8, 4) is 11.4 Å². The Bertz CT molecular complexity index is 661. The summed E-state index contributed by atoms with van der Waals surface area (Å²) < 4.78 is 4.95. The Kier molecular flexibility index (Phi) is 4.46. The minimum atomic E-state index is -0.948. The van der Waals surface area contributed by atoms with Gasteiger partial charge in [0.1, 0.15) is 0 Å². The summed E-state index contributed by atoms with van der Waals surface area (Å²) in [6.07, 6.45) is 0. The van der Waals surface area contributed by atoms with Crippen LogP contribution in [0, 0.1) is 6.92 Å².